The fourth-order valence-corrected chi connectivity index (χ4v) is 2.96. The first kappa shape index (κ1) is 14.9. The summed E-state index contributed by atoms with van der Waals surface area (Å²) < 4.78 is 0. The summed E-state index contributed by atoms with van der Waals surface area (Å²) >= 11 is 1.67. The highest BCUT2D eigenvalue weighted by Gasteiger charge is 2.13. The zero-order valence-electron chi connectivity index (χ0n) is 13.2. The van der Waals surface area contributed by atoms with E-state index >= 15 is 0 Å². The molecule has 0 bridgehead atoms. The molecule has 1 aromatic carbocycles. The summed E-state index contributed by atoms with van der Waals surface area (Å²) in [5, 5.41) is 5.25. The van der Waals surface area contributed by atoms with Gasteiger partial charge in [0.25, 0.3) is 0 Å². The van der Waals surface area contributed by atoms with Crippen LogP contribution in [0.15, 0.2) is 41.1 Å². The van der Waals surface area contributed by atoms with Crippen LogP contribution < -0.4 is 4.90 Å². The molecule has 2 aromatic heterocycles. The van der Waals surface area contributed by atoms with Crippen LogP contribution in [0.2, 0.25) is 0 Å². The van der Waals surface area contributed by atoms with E-state index in [1.807, 2.05) is 12.1 Å². The Balaban J connectivity index is 2.06. The minimum atomic E-state index is 0.798. The fraction of sp³-hybridized carbons (Fsp3) is 0.294. The van der Waals surface area contributed by atoms with Gasteiger partial charge in [-0.2, -0.15) is 11.3 Å². The second-order valence-corrected chi connectivity index (χ2v) is 6.40. The Hall–Kier alpha value is -1.98. The Bertz CT molecular complexity index is 752. The van der Waals surface area contributed by atoms with Crippen LogP contribution in [0, 0.1) is 0 Å². The number of aromatic nitrogens is 2. The molecule has 0 unspecified atom stereocenters. The molecule has 0 N–H and O–H groups in total. The summed E-state index contributed by atoms with van der Waals surface area (Å²) in [5.41, 5.74) is 2.07. The summed E-state index contributed by atoms with van der Waals surface area (Å²) in [4.78, 5) is 13.9. The first-order valence-electron chi connectivity index (χ1n) is 7.30. The zero-order chi connectivity index (χ0) is 15.5. The summed E-state index contributed by atoms with van der Waals surface area (Å²) in [6.07, 6.45) is 0. The van der Waals surface area contributed by atoms with Crippen molar-refractivity contribution in [2.75, 3.05) is 39.1 Å². The van der Waals surface area contributed by atoms with Crippen molar-refractivity contribution in [3.8, 4) is 11.4 Å². The molecule has 0 aliphatic heterocycles. The van der Waals surface area contributed by atoms with Crippen molar-refractivity contribution in [1.29, 1.82) is 0 Å². The van der Waals surface area contributed by atoms with Crippen LogP contribution in [0.1, 0.15) is 0 Å². The molecular weight excluding hydrogens is 292 g/mol. The minimum Gasteiger partial charge on any atom is -0.358 e. The molecule has 0 spiro atoms. The van der Waals surface area contributed by atoms with Crippen molar-refractivity contribution in [2.24, 2.45) is 0 Å². The van der Waals surface area contributed by atoms with Gasteiger partial charge in [-0.1, -0.05) is 12.1 Å². The van der Waals surface area contributed by atoms with Gasteiger partial charge in [-0.15, -0.1) is 0 Å². The van der Waals surface area contributed by atoms with Gasteiger partial charge in [-0.3, -0.25) is 0 Å². The lowest BCUT2D eigenvalue weighted by atomic mass is 10.2. The maximum atomic E-state index is 4.82. The van der Waals surface area contributed by atoms with Gasteiger partial charge in [-0.05, 0) is 37.7 Å². The predicted octanol–water partition coefficient (Wildman–Crippen LogP) is 3.36. The Morgan fingerprint density at radius 1 is 1.00 bits per heavy atom. The van der Waals surface area contributed by atoms with Crippen LogP contribution in [-0.2, 0) is 0 Å². The van der Waals surface area contributed by atoms with Gasteiger partial charge in [0, 0.05) is 36.5 Å². The number of anilines is 1. The van der Waals surface area contributed by atoms with E-state index in [0.717, 1.165) is 41.2 Å². The van der Waals surface area contributed by atoms with Crippen LogP contribution in [-0.4, -0.2) is 49.1 Å². The third kappa shape index (κ3) is 3.10. The summed E-state index contributed by atoms with van der Waals surface area (Å²) in [6.45, 7) is 1.92. The van der Waals surface area contributed by atoms with Crippen molar-refractivity contribution >= 4 is 28.1 Å². The quantitative estimate of drug-likeness (QED) is 0.723. The Labute approximate surface area is 135 Å². The molecule has 114 valence electrons. The molecule has 22 heavy (non-hydrogen) atoms. The molecule has 0 radical (unpaired) electrons. The van der Waals surface area contributed by atoms with Crippen LogP contribution in [0.4, 0.5) is 5.82 Å². The van der Waals surface area contributed by atoms with E-state index in [1.165, 1.54) is 0 Å². The predicted molar refractivity (Wildman–Crippen MR) is 94.7 cm³/mol. The number of rotatable bonds is 5. The average molecular weight is 312 g/mol. The van der Waals surface area contributed by atoms with Crippen molar-refractivity contribution < 1.29 is 0 Å². The topological polar surface area (TPSA) is 32.3 Å². The first-order valence-corrected chi connectivity index (χ1v) is 8.24. The normalized spacial score (nSPS) is 11.3. The molecular formula is C17H20N4S. The monoisotopic (exact) mass is 312 g/mol. The molecule has 2 heterocycles. The van der Waals surface area contributed by atoms with Crippen molar-refractivity contribution in [3.05, 3.63) is 41.1 Å². The number of para-hydroxylation sites is 1. The van der Waals surface area contributed by atoms with E-state index in [4.69, 9.17) is 9.97 Å². The first-order chi connectivity index (χ1) is 10.6. The number of hydrogen-bond donors (Lipinski definition) is 0. The lowest BCUT2D eigenvalue weighted by molar-refractivity contribution is 0.416. The zero-order valence-corrected chi connectivity index (χ0v) is 14.0. The highest BCUT2D eigenvalue weighted by atomic mass is 32.1. The molecule has 4 nitrogen and oxygen atoms in total. The summed E-state index contributed by atoms with van der Waals surface area (Å²) in [6, 6.07) is 10.3. The van der Waals surface area contributed by atoms with Crippen LogP contribution in [0.3, 0.4) is 0 Å². The third-order valence-corrected chi connectivity index (χ3v) is 4.29. The van der Waals surface area contributed by atoms with Crippen molar-refractivity contribution in [2.45, 2.75) is 0 Å². The molecule has 0 saturated carbocycles. The highest BCUT2D eigenvalue weighted by molar-refractivity contribution is 7.08. The SMILES string of the molecule is CN(C)CCN(C)c1nc(-c2ccsc2)nc2ccccc12. The summed E-state index contributed by atoms with van der Waals surface area (Å²) in [7, 11) is 6.26. The Kier molecular flexibility index (Phi) is 4.36. The minimum absolute atomic E-state index is 0.798. The lowest BCUT2D eigenvalue weighted by Gasteiger charge is -2.22. The highest BCUT2D eigenvalue weighted by Crippen LogP contribution is 2.27. The number of thiophene rings is 1. The second kappa shape index (κ2) is 6.42. The van der Waals surface area contributed by atoms with Gasteiger partial charge in [0.05, 0.1) is 5.52 Å². The van der Waals surface area contributed by atoms with Gasteiger partial charge >= 0.3 is 0 Å². The van der Waals surface area contributed by atoms with Crippen molar-refractivity contribution in [3.63, 3.8) is 0 Å². The van der Waals surface area contributed by atoms with E-state index in [2.05, 4.69) is 59.9 Å². The van der Waals surface area contributed by atoms with E-state index in [9.17, 15) is 0 Å². The Morgan fingerprint density at radius 3 is 2.55 bits per heavy atom. The second-order valence-electron chi connectivity index (χ2n) is 5.62. The molecule has 0 aliphatic rings. The largest absolute Gasteiger partial charge is 0.358 e. The van der Waals surface area contributed by atoms with Gasteiger partial charge in [0.2, 0.25) is 0 Å². The van der Waals surface area contributed by atoms with Crippen molar-refractivity contribution in [1.82, 2.24) is 14.9 Å². The van der Waals surface area contributed by atoms with E-state index in [-0.39, 0.29) is 0 Å². The Morgan fingerprint density at radius 2 is 1.82 bits per heavy atom. The van der Waals surface area contributed by atoms with Gasteiger partial charge < -0.3 is 9.80 Å². The average Bonchev–Trinajstić information content (AvgIpc) is 3.06. The number of benzene rings is 1. The number of nitrogens with zero attached hydrogens (tertiary/aromatic N) is 4. The standard InChI is InChI=1S/C17H20N4S/c1-20(2)9-10-21(3)17-14-6-4-5-7-15(14)18-16(19-17)13-8-11-22-12-13/h4-8,11-12H,9-10H2,1-3H3. The van der Waals surface area contributed by atoms with Gasteiger partial charge in [0.1, 0.15) is 5.82 Å². The van der Waals surface area contributed by atoms with E-state index < -0.39 is 0 Å². The van der Waals surface area contributed by atoms with Gasteiger partial charge in [-0.25, -0.2) is 9.97 Å². The lowest BCUT2D eigenvalue weighted by Crippen LogP contribution is -2.29. The fourth-order valence-electron chi connectivity index (χ4n) is 2.33. The third-order valence-electron chi connectivity index (χ3n) is 3.61. The van der Waals surface area contributed by atoms with E-state index in [0.29, 0.717) is 0 Å². The molecule has 5 heteroatoms. The van der Waals surface area contributed by atoms with Gasteiger partial charge in [0.15, 0.2) is 5.82 Å². The molecule has 0 amide bonds. The smallest absolute Gasteiger partial charge is 0.162 e. The van der Waals surface area contributed by atoms with Crippen LogP contribution in [0.25, 0.3) is 22.3 Å². The maximum absolute atomic E-state index is 4.82. The number of fused-ring (bicyclic) bond motifs is 1. The number of hydrogen-bond acceptors (Lipinski definition) is 5. The maximum Gasteiger partial charge on any atom is 0.162 e. The number of likely N-dealkylation sites (N-methyl/N-ethyl adjacent to an activating group) is 2. The summed E-state index contributed by atoms with van der Waals surface area (Å²) in [5.74, 6) is 1.79. The molecule has 3 aromatic rings. The molecule has 0 fully saturated rings. The van der Waals surface area contributed by atoms with Crippen LogP contribution >= 0.6 is 11.3 Å². The molecule has 0 atom stereocenters. The molecule has 3 rings (SSSR count). The van der Waals surface area contributed by atoms with E-state index in [1.54, 1.807) is 11.3 Å². The van der Waals surface area contributed by atoms with Crippen LogP contribution in [0.5, 0.6) is 0 Å². The molecule has 0 saturated heterocycles. The molecule has 0 aliphatic carbocycles.